The van der Waals surface area contributed by atoms with Gasteiger partial charge in [-0.05, 0) is 69.7 Å². The lowest BCUT2D eigenvalue weighted by Crippen LogP contribution is -2.51. The van der Waals surface area contributed by atoms with Crippen molar-refractivity contribution in [3.63, 3.8) is 0 Å². The molecule has 0 unspecified atom stereocenters. The maximum atomic E-state index is 14.0. The smallest absolute Gasteiger partial charge is 0.264 e. The Bertz CT molecular complexity index is 1400. The molecule has 0 radical (unpaired) electrons. The van der Waals surface area contributed by atoms with Gasteiger partial charge in [-0.25, -0.2) is 8.42 Å². The van der Waals surface area contributed by atoms with E-state index in [-0.39, 0.29) is 23.0 Å². The Labute approximate surface area is 239 Å². The number of para-hydroxylation sites is 2. The fraction of sp³-hybridized carbons (Fsp3) is 0.310. The van der Waals surface area contributed by atoms with E-state index in [0.717, 1.165) is 19.9 Å². The Morgan fingerprint density at radius 2 is 1.69 bits per heavy atom. The monoisotopic (exact) mass is 615 g/mol. The molecule has 39 heavy (non-hydrogen) atoms. The number of likely N-dealkylation sites (N-methyl/N-ethyl adjacent to an activating group) is 1. The van der Waals surface area contributed by atoms with Crippen LogP contribution in [0.1, 0.15) is 31.9 Å². The highest BCUT2D eigenvalue weighted by Crippen LogP contribution is 2.33. The number of ether oxygens (including phenoxy) is 1. The molecule has 1 atom stereocenters. The lowest BCUT2D eigenvalue weighted by atomic mass is 10.1. The molecule has 3 aromatic rings. The molecule has 208 valence electrons. The summed E-state index contributed by atoms with van der Waals surface area (Å²) in [6.45, 7) is 7.39. The number of halogens is 1. The Morgan fingerprint density at radius 3 is 2.33 bits per heavy atom. The van der Waals surface area contributed by atoms with Crippen LogP contribution in [0.5, 0.6) is 5.75 Å². The van der Waals surface area contributed by atoms with E-state index >= 15 is 0 Å². The number of nitrogens with one attached hydrogen (secondary N) is 1. The molecule has 0 aromatic heterocycles. The normalized spacial score (nSPS) is 11.9. The molecule has 0 saturated carbocycles. The molecule has 3 aromatic carbocycles. The number of anilines is 1. The molecule has 3 rings (SSSR count). The van der Waals surface area contributed by atoms with Gasteiger partial charge in [0.1, 0.15) is 18.3 Å². The zero-order chi connectivity index (χ0) is 28.6. The average molecular weight is 617 g/mol. The maximum Gasteiger partial charge on any atom is 0.264 e. The third kappa shape index (κ3) is 7.60. The Hall–Kier alpha value is -3.37. The van der Waals surface area contributed by atoms with E-state index in [1.165, 1.54) is 17.0 Å². The number of hydrogen-bond donors (Lipinski definition) is 1. The van der Waals surface area contributed by atoms with Gasteiger partial charge >= 0.3 is 0 Å². The zero-order valence-corrected chi connectivity index (χ0v) is 25.0. The van der Waals surface area contributed by atoms with Gasteiger partial charge in [-0.1, -0.05) is 57.9 Å². The fourth-order valence-corrected chi connectivity index (χ4v) is 5.90. The van der Waals surface area contributed by atoms with Crippen molar-refractivity contribution in [1.29, 1.82) is 0 Å². The number of sulfonamides is 1. The van der Waals surface area contributed by atoms with Crippen LogP contribution in [0.3, 0.4) is 0 Å². The van der Waals surface area contributed by atoms with Crippen molar-refractivity contribution in [3.8, 4) is 5.75 Å². The van der Waals surface area contributed by atoms with Crippen LogP contribution < -0.4 is 14.4 Å². The van der Waals surface area contributed by atoms with Crippen LogP contribution in [0.2, 0.25) is 0 Å². The average Bonchev–Trinajstić information content (AvgIpc) is 2.91. The van der Waals surface area contributed by atoms with E-state index in [0.29, 0.717) is 18.9 Å². The summed E-state index contributed by atoms with van der Waals surface area (Å²) in [6, 6.07) is 19.7. The van der Waals surface area contributed by atoms with Crippen molar-refractivity contribution < 1.29 is 22.7 Å². The van der Waals surface area contributed by atoms with Gasteiger partial charge in [0, 0.05) is 17.6 Å². The SMILES string of the molecule is CCNC(=O)[C@H](C)N(Cc1cccc(Br)c1)C(=O)CN(c1ccccc1OCC)S(=O)(=O)c1ccc(C)cc1. The van der Waals surface area contributed by atoms with E-state index in [9.17, 15) is 18.0 Å². The molecule has 0 heterocycles. The molecule has 0 aliphatic carbocycles. The number of hydrogen-bond acceptors (Lipinski definition) is 5. The summed E-state index contributed by atoms with van der Waals surface area (Å²) >= 11 is 3.45. The topological polar surface area (TPSA) is 96.0 Å². The lowest BCUT2D eigenvalue weighted by Gasteiger charge is -2.32. The summed E-state index contributed by atoms with van der Waals surface area (Å²) in [5.74, 6) is -0.530. The molecule has 0 saturated heterocycles. The van der Waals surface area contributed by atoms with E-state index in [1.54, 1.807) is 57.2 Å². The van der Waals surface area contributed by atoms with Gasteiger partial charge in [-0.2, -0.15) is 0 Å². The van der Waals surface area contributed by atoms with Crippen molar-refractivity contribution >= 4 is 43.5 Å². The molecule has 0 bridgehead atoms. The first-order valence-corrected chi connectivity index (χ1v) is 14.9. The molecule has 1 N–H and O–H groups in total. The zero-order valence-electron chi connectivity index (χ0n) is 22.6. The van der Waals surface area contributed by atoms with Crippen LogP contribution in [0.25, 0.3) is 0 Å². The van der Waals surface area contributed by atoms with Crippen molar-refractivity contribution in [2.24, 2.45) is 0 Å². The Morgan fingerprint density at radius 1 is 1.00 bits per heavy atom. The maximum absolute atomic E-state index is 14.0. The van der Waals surface area contributed by atoms with Gasteiger partial charge < -0.3 is 15.0 Å². The highest BCUT2D eigenvalue weighted by Gasteiger charge is 2.33. The first-order valence-electron chi connectivity index (χ1n) is 12.7. The molecule has 2 amide bonds. The summed E-state index contributed by atoms with van der Waals surface area (Å²) < 4.78 is 35.6. The van der Waals surface area contributed by atoms with E-state index in [4.69, 9.17) is 4.74 Å². The second-order valence-electron chi connectivity index (χ2n) is 8.95. The predicted molar refractivity (Wildman–Crippen MR) is 156 cm³/mol. The molecule has 0 spiro atoms. The molecular weight excluding hydrogens is 582 g/mol. The second kappa shape index (κ2) is 13.6. The summed E-state index contributed by atoms with van der Waals surface area (Å²) in [5.41, 5.74) is 1.93. The molecular formula is C29H34BrN3O5S. The highest BCUT2D eigenvalue weighted by atomic mass is 79.9. The van der Waals surface area contributed by atoms with Crippen LogP contribution in [0.4, 0.5) is 5.69 Å². The Kier molecular flexibility index (Phi) is 10.5. The fourth-order valence-electron chi connectivity index (χ4n) is 4.03. The van der Waals surface area contributed by atoms with Crippen molar-refractivity contribution in [2.75, 3.05) is 24.0 Å². The summed E-state index contributed by atoms with van der Waals surface area (Å²) in [4.78, 5) is 28.2. The molecule has 0 aliphatic rings. The summed E-state index contributed by atoms with van der Waals surface area (Å²) in [6.07, 6.45) is 0. The first-order chi connectivity index (χ1) is 18.6. The number of nitrogens with zero attached hydrogens (tertiary/aromatic N) is 2. The Balaban J connectivity index is 2.08. The number of carbonyl (C=O) groups is 2. The van der Waals surface area contributed by atoms with Crippen LogP contribution in [-0.4, -0.2) is 50.9 Å². The van der Waals surface area contributed by atoms with Gasteiger partial charge in [-0.15, -0.1) is 0 Å². The van der Waals surface area contributed by atoms with Crippen LogP contribution in [0.15, 0.2) is 82.2 Å². The number of benzene rings is 3. The number of aryl methyl sites for hydroxylation is 1. The van der Waals surface area contributed by atoms with Crippen LogP contribution in [0, 0.1) is 6.92 Å². The van der Waals surface area contributed by atoms with Gasteiger partial charge in [0.15, 0.2) is 0 Å². The number of rotatable bonds is 12. The van der Waals surface area contributed by atoms with Crippen molar-refractivity contribution in [1.82, 2.24) is 10.2 Å². The minimum atomic E-state index is -4.18. The van der Waals surface area contributed by atoms with E-state index in [1.807, 2.05) is 31.2 Å². The third-order valence-electron chi connectivity index (χ3n) is 6.08. The van der Waals surface area contributed by atoms with Gasteiger partial charge in [-0.3, -0.25) is 13.9 Å². The molecule has 8 nitrogen and oxygen atoms in total. The summed E-state index contributed by atoms with van der Waals surface area (Å²) in [5, 5.41) is 2.76. The molecule has 0 fully saturated rings. The predicted octanol–water partition coefficient (Wildman–Crippen LogP) is 4.90. The van der Waals surface area contributed by atoms with Gasteiger partial charge in [0.05, 0.1) is 17.2 Å². The van der Waals surface area contributed by atoms with Gasteiger partial charge in [0.25, 0.3) is 10.0 Å². The minimum absolute atomic E-state index is 0.0440. The molecule has 10 heteroatoms. The van der Waals surface area contributed by atoms with Crippen molar-refractivity contribution in [3.05, 3.63) is 88.4 Å². The lowest BCUT2D eigenvalue weighted by molar-refractivity contribution is -0.139. The van der Waals surface area contributed by atoms with E-state index < -0.39 is 28.5 Å². The van der Waals surface area contributed by atoms with Crippen molar-refractivity contribution in [2.45, 2.75) is 45.2 Å². The number of carbonyl (C=O) groups excluding carboxylic acids is 2. The van der Waals surface area contributed by atoms with E-state index in [2.05, 4.69) is 21.2 Å². The third-order valence-corrected chi connectivity index (χ3v) is 8.35. The minimum Gasteiger partial charge on any atom is -0.492 e. The largest absolute Gasteiger partial charge is 0.492 e. The van der Waals surface area contributed by atoms with Crippen LogP contribution in [-0.2, 0) is 26.2 Å². The van der Waals surface area contributed by atoms with Crippen LogP contribution >= 0.6 is 15.9 Å². The number of amides is 2. The summed E-state index contributed by atoms with van der Waals surface area (Å²) in [7, 11) is -4.18. The highest BCUT2D eigenvalue weighted by molar-refractivity contribution is 9.10. The quantitative estimate of drug-likeness (QED) is 0.312. The first kappa shape index (κ1) is 30.2. The second-order valence-corrected chi connectivity index (χ2v) is 11.7. The van der Waals surface area contributed by atoms with Gasteiger partial charge in [0.2, 0.25) is 11.8 Å². The standard InChI is InChI=1S/C29H34BrN3O5S/c1-5-31-29(35)22(4)32(19-23-10-9-11-24(30)18-23)28(34)20-33(26-12-7-8-13-27(26)38-6-2)39(36,37)25-16-14-21(3)15-17-25/h7-18,22H,5-6,19-20H2,1-4H3,(H,31,35)/t22-/m0/s1. The molecule has 0 aliphatic heterocycles.